The van der Waals surface area contributed by atoms with Gasteiger partial charge in [0.2, 0.25) is 0 Å². The topological polar surface area (TPSA) is 73.2 Å². The Morgan fingerprint density at radius 2 is 1.89 bits per heavy atom. The number of carbonyl (C=O) groups excluding carboxylic acids is 2. The lowest BCUT2D eigenvalue weighted by atomic mass is 9.78. The fourth-order valence-corrected chi connectivity index (χ4v) is 4.00. The van der Waals surface area contributed by atoms with Crippen molar-refractivity contribution in [1.82, 2.24) is 15.1 Å². The van der Waals surface area contributed by atoms with Crippen LogP contribution in [0, 0.1) is 25.7 Å². The Hall–Kier alpha value is -2.63. The third-order valence-corrected chi connectivity index (χ3v) is 5.88. The Bertz CT molecular complexity index is 844. The standard InChI is InChI=1S/C22H29N3O3/c1-14-9-8-12-19(15(14)2)23-20(26)13-28-22(27)21-16(3)24-25(17(21)4)18-10-6-5-7-11-18/h5-7,10-11,14-15,19H,8-9,12-13H2,1-4H3,(H,23,26)/t14-,15-,19-/m0/s1. The summed E-state index contributed by atoms with van der Waals surface area (Å²) in [5, 5.41) is 7.48. The molecule has 0 saturated heterocycles. The SMILES string of the molecule is Cc1nn(-c2ccccc2)c(C)c1C(=O)OCC(=O)N[C@H]1CCC[C@H](C)[C@@H]1C. The summed E-state index contributed by atoms with van der Waals surface area (Å²) in [7, 11) is 0. The molecule has 1 amide bonds. The quantitative estimate of drug-likeness (QED) is 0.801. The van der Waals surface area contributed by atoms with Gasteiger partial charge in [-0.15, -0.1) is 0 Å². The molecule has 1 saturated carbocycles. The molecule has 1 aliphatic rings. The molecule has 1 N–H and O–H groups in total. The van der Waals surface area contributed by atoms with Crippen LogP contribution in [-0.2, 0) is 9.53 Å². The second-order valence-electron chi connectivity index (χ2n) is 7.81. The highest BCUT2D eigenvalue weighted by Gasteiger charge is 2.28. The van der Waals surface area contributed by atoms with Gasteiger partial charge in [0.15, 0.2) is 6.61 Å². The Labute approximate surface area is 166 Å². The molecule has 0 radical (unpaired) electrons. The van der Waals surface area contributed by atoms with Gasteiger partial charge in [0, 0.05) is 6.04 Å². The van der Waals surface area contributed by atoms with Gasteiger partial charge in [-0.3, -0.25) is 4.79 Å². The first kappa shape index (κ1) is 20.1. The second kappa shape index (κ2) is 8.59. The average Bonchev–Trinajstić information content (AvgIpc) is 2.98. The third kappa shape index (κ3) is 4.26. The van der Waals surface area contributed by atoms with E-state index in [9.17, 15) is 9.59 Å². The second-order valence-corrected chi connectivity index (χ2v) is 7.81. The normalized spacial score (nSPS) is 21.9. The van der Waals surface area contributed by atoms with Crippen LogP contribution >= 0.6 is 0 Å². The van der Waals surface area contributed by atoms with Crippen molar-refractivity contribution in [3.05, 3.63) is 47.3 Å². The van der Waals surface area contributed by atoms with Crippen molar-refractivity contribution in [3.8, 4) is 5.69 Å². The molecular weight excluding hydrogens is 354 g/mol. The van der Waals surface area contributed by atoms with Crippen LogP contribution in [-0.4, -0.2) is 34.3 Å². The highest BCUT2D eigenvalue weighted by Crippen LogP contribution is 2.29. The minimum atomic E-state index is -0.516. The first-order valence-corrected chi connectivity index (χ1v) is 9.96. The molecule has 1 fully saturated rings. The number of carbonyl (C=O) groups is 2. The molecule has 28 heavy (non-hydrogen) atoms. The van der Waals surface area contributed by atoms with Gasteiger partial charge < -0.3 is 10.1 Å². The first-order valence-electron chi connectivity index (χ1n) is 9.96. The molecule has 3 rings (SSSR count). The average molecular weight is 383 g/mol. The van der Waals surface area contributed by atoms with Crippen molar-refractivity contribution in [2.24, 2.45) is 11.8 Å². The zero-order chi connectivity index (χ0) is 20.3. The molecule has 1 aliphatic carbocycles. The van der Waals surface area contributed by atoms with Crippen molar-refractivity contribution in [2.75, 3.05) is 6.61 Å². The summed E-state index contributed by atoms with van der Waals surface area (Å²) < 4.78 is 7.02. The van der Waals surface area contributed by atoms with Gasteiger partial charge in [-0.1, -0.05) is 44.9 Å². The van der Waals surface area contributed by atoms with Crippen LogP contribution in [0.25, 0.3) is 5.69 Å². The number of ether oxygens (including phenoxy) is 1. The number of aryl methyl sites for hydroxylation is 1. The molecule has 1 aromatic heterocycles. The Balaban J connectivity index is 1.62. The number of hydrogen-bond donors (Lipinski definition) is 1. The molecule has 0 bridgehead atoms. The highest BCUT2D eigenvalue weighted by molar-refractivity contribution is 5.93. The van der Waals surface area contributed by atoms with Crippen LogP contribution in [0.15, 0.2) is 30.3 Å². The number of amides is 1. The molecule has 0 spiro atoms. The number of hydrogen-bond acceptors (Lipinski definition) is 4. The van der Waals surface area contributed by atoms with Gasteiger partial charge in [-0.2, -0.15) is 5.10 Å². The maximum atomic E-state index is 12.6. The Kier molecular flexibility index (Phi) is 6.17. The molecule has 1 aromatic carbocycles. The van der Waals surface area contributed by atoms with E-state index >= 15 is 0 Å². The lowest BCUT2D eigenvalue weighted by molar-refractivity contribution is -0.125. The number of para-hydroxylation sites is 1. The van der Waals surface area contributed by atoms with Crippen LogP contribution in [0.5, 0.6) is 0 Å². The van der Waals surface area contributed by atoms with Gasteiger partial charge in [0.1, 0.15) is 5.56 Å². The number of rotatable bonds is 5. The van der Waals surface area contributed by atoms with Gasteiger partial charge in [-0.25, -0.2) is 9.48 Å². The monoisotopic (exact) mass is 383 g/mol. The van der Waals surface area contributed by atoms with Gasteiger partial charge >= 0.3 is 5.97 Å². The van der Waals surface area contributed by atoms with Gasteiger partial charge in [0.25, 0.3) is 5.91 Å². The van der Waals surface area contributed by atoms with E-state index in [1.165, 1.54) is 6.42 Å². The van der Waals surface area contributed by atoms with E-state index in [-0.39, 0.29) is 18.6 Å². The maximum absolute atomic E-state index is 12.6. The number of benzene rings is 1. The molecule has 0 unspecified atom stereocenters. The fraction of sp³-hybridized carbons (Fsp3) is 0.500. The molecule has 0 aliphatic heterocycles. The number of nitrogens with one attached hydrogen (secondary N) is 1. The summed E-state index contributed by atoms with van der Waals surface area (Å²) in [6, 6.07) is 9.77. The van der Waals surface area contributed by atoms with Gasteiger partial charge in [0.05, 0.1) is 17.1 Å². The molecule has 2 aromatic rings. The van der Waals surface area contributed by atoms with E-state index < -0.39 is 5.97 Å². The predicted molar refractivity (Wildman–Crippen MR) is 107 cm³/mol. The van der Waals surface area contributed by atoms with E-state index in [1.807, 2.05) is 37.3 Å². The number of esters is 1. The minimum Gasteiger partial charge on any atom is -0.452 e. The first-order chi connectivity index (χ1) is 13.4. The van der Waals surface area contributed by atoms with E-state index in [0.29, 0.717) is 28.8 Å². The van der Waals surface area contributed by atoms with E-state index in [2.05, 4.69) is 24.3 Å². The van der Waals surface area contributed by atoms with Crippen molar-refractivity contribution in [3.63, 3.8) is 0 Å². The summed E-state index contributed by atoms with van der Waals surface area (Å²) in [6.45, 7) is 7.72. The summed E-state index contributed by atoms with van der Waals surface area (Å²) in [5.41, 5.74) is 2.57. The van der Waals surface area contributed by atoms with Gasteiger partial charge in [-0.05, 0) is 44.2 Å². The summed E-state index contributed by atoms with van der Waals surface area (Å²) in [4.78, 5) is 24.9. The lowest BCUT2D eigenvalue weighted by Gasteiger charge is -2.34. The number of nitrogens with zero attached hydrogens (tertiary/aromatic N) is 2. The Morgan fingerprint density at radius 1 is 1.18 bits per heavy atom. The van der Waals surface area contributed by atoms with Crippen molar-refractivity contribution in [2.45, 2.75) is 53.0 Å². The molecular formula is C22H29N3O3. The van der Waals surface area contributed by atoms with Crippen LogP contribution in [0.3, 0.4) is 0 Å². The lowest BCUT2D eigenvalue weighted by Crippen LogP contribution is -2.45. The minimum absolute atomic E-state index is 0.152. The van der Waals surface area contributed by atoms with Crippen LogP contribution in [0.1, 0.15) is 54.9 Å². The molecule has 6 heteroatoms. The van der Waals surface area contributed by atoms with Crippen molar-refractivity contribution >= 4 is 11.9 Å². The van der Waals surface area contributed by atoms with E-state index in [0.717, 1.165) is 18.5 Å². The smallest absolute Gasteiger partial charge is 0.342 e. The zero-order valence-electron chi connectivity index (χ0n) is 17.1. The summed E-state index contributed by atoms with van der Waals surface area (Å²) in [6.07, 6.45) is 3.30. The molecule has 150 valence electrons. The van der Waals surface area contributed by atoms with Crippen LogP contribution in [0.2, 0.25) is 0 Å². The van der Waals surface area contributed by atoms with Crippen LogP contribution in [0.4, 0.5) is 0 Å². The largest absolute Gasteiger partial charge is 0.452 e. The van der Waals surface area contributed by atoms with Crippen molar-refractivity contribution < 1.29 is 14.3 Å². The zero-order valence-corrected chi connectivity index (χ0v) is 17.1. The van der Waals surface area contributed by atoms with E-state index in [4.69, 9.17) is 4.74 Å². The van der Waals surface area contributed by atoms with E-state index in [1.54, 1.807) is 11.6 Å². The summed E-state index contributed by atoms with van der Waals surface area (Å²) in [5.74, 6) is 0.264. The van der Waals surface area contributed by atoms with Crippen molar-refractivity contribution in [1.29, 1.82) is 0 Å². The highest BCUT2D eigenvalue weighted by atomic mass is 16.5. The third-order valence-electron chi connectivity index (χ3n) is 5.88. The number of aromatic nitrogens is 2. The Morgan fingerprint density at radius 3 is 2.61 bits per heavy atom. The van der Waals surface area contributed by atoms with Crippen LogP contribution < -0.4 is 5.32 Å². The maximum Gasteiger partial charge on any atom is 0.342 e. The molecule has 1 heterocycles. The summed E-state index contributed by atoms with van der Waals surface area (Å²) >= 11 is 0. The molecule has 6 nitrogen and oxygen atoms in total. The molecule has 3 atom stereocenters. The predicted octanol–water partition coefficient (Wildman–Crippen LogP) is 3.59. The fourth-order valence-electron chi connectivity index (χ4n) is 4.00.